The van der Waals surface area contributed by atoms with E-state index in [1.165, 1.54) is 0 Å². The predicted molar refractivity (Wildman–Crippen MR) is 186 cm³/mol. The molecule has 1 aliphatic rings. The molecule has 1 saturated heterocycles. The van der Waals surface area contributed by atoms with Crippen LogP contribution in [0.2, 0.25) is 0 Å². The Morgan fingerprint density at radius 2 is 1.69 bits per heavy atom. The van der Waals surface area contributed by atoms with Gasteiger partial charge in [-0.3, -0.25) is 24.0 Å². The molecule has 2 N–H and O–H groups in total. The van der Waals surface area contributed by atoms with Gasteiger partial charge in [0.15, 0.2) is 0 Å². The zero-order valence-electron chi connectivity index (χ0n) is 27.3. The zero-order valence-corrected chi connectivity index (χ0v) is 27.3. The molecule has 2 aromatic heterocycles. The van der Waals surface area contributed by atoms with Crippen LogP contribution in [-0.2, 0) is 22.5 Å². The van der Waals surface area contributed by atoms with Crippen LogP contribution >= 0.6 is 0 Å². The summed E-state index contributed by atoms with van der Waals surface area (Å²) in [4.78, 5) is 41.1. The first kappa shape index (κ1) is 32.5. The summed E-state index contributed by atoms with van der Waals surface area (Å²) in [6.45, 7) is 6.77. The van der Waals surface area contributed by atoms with Crippen molar-refractivity contribution in [3.8, 4) is 11.3 Å². The van der Waals surface area contributed by atoms with Crippen LogP contribution in [0, 0.1) is 6.92 Å². The SMILES string of the molecule is Cc1ccc(NC(=O)c2ccc(CN3CC[N+](C)(COC(=O)Cc4ccccc4)CC3)cc2)cc1Nc1nccc(-c2cccnc2)n1. The molecule has 0 bridgehead atoms. The van der Waals surface area contributed by atoms with Gasteiger partial charge < -0.3 is 15.4 Å². The lowest BCUT2D eigenvalue weighted by molar-refractivity contribution is -0.929. The fourth-order valence-electron chi connectivity index (χ4n) is 5.59. The van der Waals surface area contributed by atoms with Gasteiger partial charge in [-0.25, -0.2) is 9.97 Å². The van der Waals surface area contributed by atoms with E-state index in [0.29, 0.717) is 34.8 Å². The summed E-state index contributed by atoms with van der Waals surface area (Å²) in [5.74, 6) is 0.0845. The summed E-state index contributed by atoms with van der Waals surface area (Å²) in [6.07, 6.45) is 5.49. The molecule has 1 fully saturated rings. The molecule has 1 amide bonds. The van der Waals surface area contributed by atoms with Crippen LogP contribution in [0.5, 0.6) is 0 Å². The van der Waals surface area contributed by atoms with Gasteiger partial charge in [0.25, 0.3) is 5.91 Å². The van der Waals surface area contributed by atoms with Crippen molar-refractivity contribution in [2.75, 3.05) is 50.6 Å². The van der Waals surface area contributed by atoms with Gasteiger partial charge in [-0.15, -0.1) is 0 Å². The van der Waals surface area contributed by atoms with E-state index in [0.717, 1.165) is 66.4 Å². The third-order valence-corrected chi connectivity index (χ3v) is 8.62. The number of quaternary nitrogens is 1. The van der Waals surface area contributed by atoms with Crippen LogP contribution in [-0.4, -0.2) is 76.2 Å². The monoisotopic (exact) mass is 642 g/mol. The molecular weight excluding hydrogens is 602 g/mol. The first-order valence-corrected chi connectivity index (χ1v) is 16.1. The molecule has 5 aromatic rings. The van der Waals surface area contributed by atoms with E-state index in [4.69, 9.17) is 4.74 Å². The fourth-order valence-corrected chi connectivity index (χ4v) is 5.59. The molecule has 244 valence electrons. The van der Waals surface area contributed by atoms with E-state index >= 15 is 0 Å². The number of piperazine rings is 1. The normalized spacial score (nSPS) is 14.2. The average molecular weight is 643 g/mol. The van der Waals surface area contributed by atoms with Crippen molar-refractivity contribution in [1.29, 1.82) is 0 Å². The van der Waals surface area contributed by atoms with Gasteiger partial charge in [0.05, 0.1) is 32.3 Å². The van der Waals surface area contributed by atoms with Crippen LogP contribution in [0.4, 0.5) is 17.3 Å². The van der Waals surface area contributed by atoms with E-state index in [9.17, 15) is 9.59 Å². The van der Waals surface area contributed by atoms with Crippen LogP contribution < -0.4 is 10.6 Å². The second kappa shape index (κ2) is 15.0. The average Bonchev–Trinajstić information content (AvgIpc) is 3.11. The number of hydrogen-bond acceptors (Lipinski definition) is 8. The molecule has 0 saturated carbocycles. The first-order valence-electron chi connectivity index (χ1n) is 16.1. The Balaban J connectivity index is 0.986. The van der Waals surface area contributed by atoms with Crippen molar-refractivity contribution in [3.05, 3.63) is 132 Å². The number of nitrogens with one attached hydrogen (secondary N) is 2. The Morgan fingerprint density at radius 1 is 0.896 bits per heavy atom. The lowest BCUT2D eigenvalue weighted by Crippen LogP contribution is -2.58. The number of aromatic nitrogens is 3. The van der Waals surface area contributed by atoms with Crippen LogP contribution in [0.15, 0.2) is 110 Å². The number of carbonyl (C=O) groups is 2. The predicted octanol–water partition coefficient (Wildman–Crippen LogP) is 5.85. The quantitative estimate of drug-likeness (QED) is 0.137. The molecule has 10 heteroatoms. The number of ether oxygens (including phenoxy) is 1. The number of esters is 1. The molecular formula is C38H40N7O3+. The highest BCUT2D eigenvalue weighted by atomic mass is 16.5. The maximum absolute atomic E-state index is 13.1. The maximum Gasteiger partial charge on any atom is 0.314 e. The van der Waals surface area contributed by atoms with Gasteiger partial charge in [0, 0.05) is 60.7 Å². The largest absolute Gasteiger partial charge is 0.415 e. The van der Waals surface area contributed by atoms with Gasteiger partial charge in [0.2, 0.25) is 12.7 Å². The number of aryl methyl sites for hydroxylation is 1. The van der Waals surface area contributed by atoms with Crippen molar-refractivity contribution in [1.82, 2.24) is 19.9 Å². The molecule has 0 aliphatic carbocycles. The Bertz CT molecular complexity index is 1840. The molecule has 0 atom stereocenters. The van der Waals surface area contributed by atoms with E-state index in [2.05, 4.69) is 37.5 Å². The number of hydrogen-bond donors (Lipinski definition) is 2. The van der Waals surface area contributed by atoms with Gasteiger partial charge >= 0.3 is 5.97 Å². The highest BCUT2D eigenvalue weighted by Gasteiger charge is 2.30. The summed E-state index contributed by atoms with van der Waals surface area (Å²) >= 11 is 0. The number of rotatable bonds is 11. The Hall–Kier alpha value is -5.45. The lowest BCUT2D eigenvalue weighted by Gasteiger charge is -2.41. The second-order valence-electron chi connectivity index (χ2n) is 12.5. The lowest BCUT2D eigenvalue weighted by atomic mass is 10.1. The van der Waals surface area contributed by atoms with Crippen molar-refractivity contribution in [3.63, 3.8) is 0 Å². The molecule has 1 aliphatic heterocycles. The Labute approximate surface area is 281 Å². The van der Waals surface area contributed by atoms with Crippen molar-refractivity contribution >= 4 is 29.2 Å². The van der Waals surface area contributed by atoms with E-state index < -0.39 is 0 Å². The van der Waals surface area contributed by atoms with Crippen LogP contribution in [0.3, 0.4) is 0 Å². The van der Waals surface area contributed by atoms with Crippen molar-refractivity contribution in [2.45, 2.75) is 19.9 Å². The molecule has 3 aromatic carbocycles. The summed E-state index contributed by atoms with van der Waals surface area (Å²) < 4.78 is 6.35. The minimum atomic E-state index is -0.191. The molecule has 3 heterocycles. The number of pyridine rings is 1. The van der Waals surface area contributed by atoms with Gasteiger partial charge in [-0.2, -0.15) is 0 Å². The molecule has 0 spiro atoms. The van der Waals surface area contributed by atoms with E-state index in [1.54, 1.807) is 18.6 Å². The summed E-state index contributed by atoms with van der Waals surface area (Å²) in [7, 11) is 2.14. The van der Waals surface area contributed by atoms with Crippen LogP contribution in [0.25, 0.3) is 11.3 Å². The van der Waals surface area contributed by atoms with Gasteiger partial charge in [-0.1, -0.05) is 48.5 Å². The number of nitrogens with zero attached hydrogens (tertiary/aromatic N) is 5. The number of amides is 1. The maximum atomic E-state index is 13.1. The Morgan fingerprint density at radius 3 is 2.44 bits per heavy atom. The number of anilines is 3. The molecule has 0 unspecified atom stereocenters. The highest BCUT2D eigenvalue weighted by Crippen LogP contribution is 2.25. The first-order chi connectivity index (χ1) is 23.3. The standard InChI is InChI=1S/C38H39N7O3/c1-28-10-15-33(24-35(28)43-38-40-18-16-34(42-38)32-9-6-17-39-25-32)41-37(47)31-13-11-30(12-14-31)26-44-19-21-45(2,22-20-44)27-48-36(46)23-29-7-4-3-5-8-29/h3-18,24-25H,19-23,26-27H2,1-2H3,(H-,40,41,42,43,47)/p+1. The van der Waals surface area contributed by atoms with Crippen LogP contribution in [0.1, 0.15) is 27.0 Å². The molecule has 48 heavy (non-hydrogen) atoms. The smallest absolute Gasteiger partial charge is 0.314 e. The topological polar surface area (TPSA) is 109 Å². The molecule has 0 radical (unpaired) electrons. The number of likely N-dealkylation sites (N-methyl/N-ethyl adjacent to an activating group) is 1. The van der Waals surface area contributed by atoms with Gasteiger partial charge in [0.1, 0.15) is 0 Å². The zero-order chi connectivity index (χ0) is 33.3. The van der Waals surface area contributed by atoms with E-state index in [1.807, 2.05) is 97.9 Å². The third kappa shape index (κ3) is 8.67. The second-order valence-corrected chi connectivity index (χ2v) is 12.5. The third-order valence-electron chi connectivity index (χ3n) is 8.62. The Kier molecular flexibility index (Phi) is 10.1. The summed E-state index contributed by atoms with van der Waals surface area (Å²) in [5.41, 5.74) is 6.82. The molecule has 10 nitrogen and oxygen atoms in total. The van der Waals surface area contributed by atoms with Crippen molar-refractivity contribution in [2.24, 2.45) is 0 Å². The molecule has 6 rings (SSSR count). The minimum Gasteiger partial charge on any atom is -0.415 e. The van der Waals surface area contributed by atoms with E-state index in [-0.39, 0.29) is 11.9 Å². The fraction of sp³-hybridized carbons (Fsp3) is 0.237. The van der Waals surface area contributed by atoms with Gasteiger partial charge in [-0.05, 0) is 66.1 Å². The highest BCUT2D eigenvalue weighted by molar-refractivity contribution is 6.04. The summed E-state index contributed by atoms with van der Waals surface area (Å²) in [6, 6.07) is 28.8. The summed E-state index contributed by atoms with van der Waals surface area (Å²) in [5, 5.41) is 6.30. The minimum absolute atomic E-state index is 0.181. The van der Waals surface area contributed by atoms with Crippen molar-refractivity contribution < 1.29 is 18.8 Å². The number of carbonyl (C=O) groups excluding carboxylic acids is 2. The number of benzene rings is 3.